The SMILES string of the molecule is COC(=O)C1=C(C(=O)OC)N(c2ccc(-n3cnc4ccccc43)cc2)COC1. The molecule has 1 aliphatic heterocycles. The van der Waals surface area contributed by atoms with Crippen molar-refractivity contribution in [2.75, 3.05) is 32.5 Å². The first-order valence-electron chi connectivity index (χ1n) is 8.91. The van der Waals surface area contributed by atoms with E-state index in [4.69, 9.17) is 14.2 Å². The summed E-state index contributed by atoms with van der Waals surface area (Å²) in [5, 5.41) is 0. The number of methoxy groups -OCH3 is 2. The first-order valence-corrected chi connectivity index (χ1v) is 8.91. The van der Waals surface area contributed by atoms with E-state index in [1.165, 1.54) is 14.2 Å². The van der Waals surface area contributed by atoms with Crippen molar-refractivity contribution in [2.45, 2.75) is 0 Å². The van der Waals surface area contributed by atoms with Crippen molar-refractivity contribution in [3.8, 4) is 5.69 Å². The molecule has 8 heteroatoms. The zero-order valence-electron chi connectivity index (χ0n) is 16.0. The molecule has 0 atom stereocenters. The van der Waals surface area contributed by atoms with Gasteiger partial charge in [0.15, 0.2) is 0 Å². The summed E-state index contributed by atoms with van der Waals surface area (Å²) in [6.45, 7) is 0.0883. The topological polar surface area (TPSA) is 82.9 Å². The summed E-state index contributed by atoms with van der Waals surface area (Å²) in [6, 6.07) is 15.4. The molecule has 8 nitrogen and oxygen atoms in total. The number of anilines is 1. The summed E-state index contributed by atoms with van der Waals surface area (Å²) in [4.78, 5) is 30.5. The number of imidazole rings is 1. The lowest BCUT2D eigenvalue weighted by Gasteiger charge is -2.31. The number of fused-ring (bicyclic) bond motifs is 1. The van der Waals surface area contributed by atoms with Crippen molar-refractivity contribution in [3.63, 3.8) is 0 Å². The maximum absolute atomic E-state index is 12.4. The third-order valence-corrected chi connectivity index (χ3v) is 4.73. The molecule has 0 spiro atoms. The predicted molar refractivity (Wildman–Crippen MR) is 105 cm³/mol. The lowest BCUT2D eigenvalue weighted by atomic mass is 10.1. The number of rotatable bonds is 4. The van der Waals surface area contributed by atoms with Gasteiger partial charge in [0.2, 0.25) is 0 Å². The van der Waals surface area contributed by atoms with Gasteiger partial charge in [-0.05, 0) is 36.4 Å². The monoisotopic (exact) mass is 393 g/mol. The van der Waals surface area contributed by atoms with Gasteiger partial charge in [0.1, 0.15) is 18.8 Å². The fourth-order valence-corrected chi connectivity index (χ4v) is 3.31. The van der Waals surface area contributed by atoms with Gasteiger partial charge in [-0.3, -0.25) is 4.57 Å². The molecule has 2 heterocycles. The van der Waals surface area contributed by atoms with Crippen LogP contribution >= 0.6 is 0 Å². The van der Waals surface area contributed by atoms with E-state index >= 15 is 0 Å². The van der Waals surface area contributed by atoms with E-state index in [2.05, 4.69) is 4.98 Å². The highest BCUT2D eigenvalue weighted by Gasteiger charge is 2.32. The predicted octanol–water partition coefficient (Wildman–Crippen LogP) is 2.42. The zero-order chi connectivity index (χ0) is 20.4. The van der Waals surface area contributed by atoms with Crippen molar-refractivity contribution < 1.29 is 23.8 Å². The van der Waals surface area contributed by atoms with Crippen LogP contribution in [0.15, 0.2) is 66.1 Å². The zero-order valence-corrected chi connectivity index (χ0v) is 16.0. The molecule has 29 heavy (non-hydrogen) atoms. The number of ether oxygens (including phenoxy) is 3. The second-order valence-corrected chi connectivity index (χ2v) is 6.34. The second-order valence-electron chi connectivity index (χ2n) is 6.34. The number of hydrogen-bond acceptors (Lipinski definition) is 7. The number of benzene rings is 2. The van der Waals surface area contributed by atoms with Gasteiger partial charge in [0.25, 0.3) is 0 Å². The van der Waals surface area contributed by atoms with Crippen molar-refractivity contribution in [1.29, 1.82) is 0 Å². The van der Waals surface area contributed by atoms with E-state index in [1.807, 2.05) is 53.1 Å². The minimum atomic E-state index is -0.628. The van der Waals surface area contributed by atoms with Crippen molar-refractivity contribution in [2.24, 2.45) is 0 Å². The van der Waals surface area contributed by atoms with E-state index in [0.29, 0.717) is 5.69 Å². The highest BCUT2D eigenvalue weighted by Crippen LogP contribution is 2.28. The fourth-order valence-electron chi connectivity index (χ4n) is 3.31. The van der Waals surface area contributed by atoms with E-state index in [9.17, 15) is 9.59 Å². The van der Waals surface area contributed by atoms with Crippen molar-refractivity contribution in [3.05, 3.63) is 66.1 Å². The summed E-state index contributed by atoms with van der Waals surface area (Å²) in [7, 11) is 2.53. The van der Waals surface area contributed by atoms with Crippen LogP contribution in [-0.2, 0) is 23.8 Å². The first kappa shape index (κ1) is 18.7. The van der Waals surface area contributed by atoms with E-state index in [1.54, 1.807) is 11.2 Å². The van der Waals surface area contributed by atoms with Crippen LogP contribution in [0.2, 0.25) is 0 Å². The van der Waals surface area contributed by atoms with Gasteiger partial charge in [0.05, 0.1) is 37.4 Å². The van der Waals surface area contributed by atoms with Crippen LogP contribution in [-0.4, -0.2) is 49.0 Å². The molecule has 0 saturated carbocycles. The fraction of sp³-hybridized carbons (Fsp3) is 0.190. The molecule has 2 aromatic carbocycles. The Morgan fingerprint density at radius 2 is 1.66 bits per heavy atom. The molecular weight excluding hydrogens is 374 g/mol. The standard InChI is InChI=1S/C21H19N3O5/c1-27-20(25)16-11-29-13-24(19(16)21(26)28-2)15-9-7-14(8-10-15)23-12-22-17-5-3-4-6-18(17)23/h3-10,12H,11,13H2,1-2H3. The number of esters is 2. The Bertz CT molecular complexity index is 1100. The number of nitrogens with zero attached hydrogens (tertiary/aromatic N) is 3. The molecule has 0 N–H and O–H groups in total. The Morgan fingerprint density at radius 3 is 2.38 bits per heavy atom. The lowest BCUT2D eigenvalue weighted by molar-refractivity contribution is -0.140. The average molecular weight is 393 g/mol. The minimum Gasteiger partial charge on any atom is -0.466 e. The third-order valence-electron chi connectivity index (χ3n) is 4.73. The molecule has 1 aliphatic rings. The largest absolute Gasteiger partial charge is 0.466 e. The molecule has 0 bridgehead atoms. The number of para-hydroxylation sites is 2. The van der Waals surface area contributed by atoms with Crippen LogP contribution in [0.1, 0.15) is 0 Å². The summed E-state index contributed by atoms with van der Waals surface area (Å²) < 4.78 is 17.1. The Kier molecular flexibility index (Phi) is 5.01. The summed E-state index contributed by atoms with van der Waals surface area (Å²) in [6.07, 6.45) is 1.76. The molecule has 4 rings (SSSR count). The molecule has 0 saturated heterocycles. The van der Waals surface area contributed by atoms with Gasteiger partial charge in [-0.15, -0.1) is 0 Å². The Morgan fingerprint density at radius 1 is 0.966 bits per heavy atom. The summed E-state index contributed by atoms with van der Waals surface area (Å²) >= 11 is 0. The van der Waals surface area contributed by atoms with E-state index in [-0.39, 0.29) is 24.6 Å². The first-order chi connectivity index (χ1) is 14.1. The van der Waals surface area contributed by atoms with Crippen LogP contribution in [0, 0.1) is 0 Å². The Hall–Kier alpha value is -3.65. The molecule has 1 aromatic heterocycles. The molecule has 3 aromatic rings. The number of aromatic nitrogens is 2. The number of hydrogen-bond donors (Lipinski definition) is 0. The molecule has 0 fully saturated rings. The van der Waals surface area contributed by atoms with Gasteiger partial charge in [-0.1, -0.05) is 12.1 Å². The van der Waals surface area contributed by atoms with Gasteiger partial charge >= 0.3 is 11.9 Å². The highest BCUT2D eigenvalue weighted by molar-refractivity contribution is 6.03. The van der Waals surface area contributed by atoms with Crippen LogP contribution in [0.25, 0.3) is 16.7 Å². The lowest BCUT2D eigenvalue weighted by Crippen LogP contribution is -2.38. The van der Waals surface area contributed by atoms with E-state index < -0.39 is 11.9 Å². The smallest absolute Gasteiger partial charge is 0.355 e. The molecule has 0 aliphatic carbocycles. The Labute approximate surface area is 166 Å². The summed E-state index contributed by atoms with van der Waals surface area (Å²) in [5.74, 6) is -1.25. The van der Waals surface area contributed by atoms with Crippen LogP contribution in [0.3, 0.4) is 0 Å². The molecule has 0 amide bonds. The Balaban J connectivity index is 1.72. The van der Waals surface area contributed by atoms with Gasteiger partial charge in [-0.2, -0.15) is 0 Å². The second kappa shape index (κ2) is 7.76. The quantitative estimate of drug-likeness (QED) is 0.630. The van der Waals surface area contributed by atoms with Crippen LogP contribution in [0.5, 0.6) is 0 Å². The molecular formula is C21H19N3O5. The normalized spacial score (nSPS) is 14.2. The van der Waals surface area contributed by atoms with Gasteiger partial charge in [0, 0.05) is 11.4 Å². The van der Waals surface area contributed by atoms with Gasteiger partial charge < -0.3 is 19.1 Å². The van der Waals surface area contributed by atoms with E-state index in [0.717, 1.165) is 16.7 Å². The van der Waals surface area contributed by atoms with Crippen molar-refractivity contribution >= 4 is 28.7 Å². The minimum absolute atomic E-state index is 0.0211. The van der Waals surface area contributed by atoms with Crippen LogP contribution < -0.4 is 4.90 Å². The number of carbonyl (C=O) groups excluding carboxylic acids is 2. The molecule has 148 valence electrons. The summed E-state index contributed by atoms with van der Waals surface area (Å²) in [5.41, 5.74) is 3.72. The average Bonchev–Trinajstić information content (AvgIpc) is 3.22. The maximum atomic E-state index is 12.4. The van der Waals surface area contributed by atoms with Crippen LogP contribution in [0.4, 0.5) is 5.69 Å². The molecule has 0 radical (unpaired) electrons. The highest BCUT2D eigenvalue weighted by atomic mass is 16.5. The van der Waals surface area contributed by atoms with Gasteiger partial charge in [-0.25, -0.2) is 14.6 Å². The molecule has 0 unspecified atom stereocenters. The number of carbonyl (C=O) groups is 2. The van der Waals surface area contributed by atoms with Crippen molar-refractivity contribution in [1.82, 2.24) is 9.55 Å². The third kappa shape index (κ3) is 3.34. The maximum Gasteiger partial charge on any atom is 0.355 e.